The molecule has 2 rings (SSSR count). The van der Waals surface area contributed by atoms with Crippen molar-refractivity contribution < 1.29 is 0 Å². The molecule has 1 aliphatic carbocycles. The molecule has 1 heterocycles. The lowest BCUT2D eigenvalue weighted by Crippen LogP contribution is -2.28. The molecule has 1 aromatic rings. The molecule has 0 aromatic carbocycles. The zero-order valence-electron chi connectivity index (χ0n) is 9.43. The Hall–Kier alpha value is -0.220. The first-order valence-corrected chi connectivity index (χ1v) is 7.46. The van der Waals surface area contributed by atoms with Crippen molar-refractivity contribution in [3.63, 3.8) is 0 Å². The largest absolute Gasteiger partial charge is 0.245 e. The minimum Gasteiger partial charge on any atom is -0.245 e. The highest BCUT2D eigenvalue weighted by molar-refractivity contribution is 7.99. The lowest BCUT2D eigenvalue weighted by Gasteiger charge is -2.35. The number of thiol groups is 1. The fourth-order valence-electron chi connectivity index (χ4n) is 2.24. The fraction of sp³-hybridized carbons (Fsp3) is 0.667. The maximum absolute atomic E-state index is 4.55. The molecule has 0 radical (unpaired) electrons. The Labute approximate surface area is 107 Å². The first kappa shape index (κ1) is 12.2. The van der Waals surface area contributed by atoms with Crippen LogP contribution >= 0.6 is 24.4 Å². The predicted molar refractivity (Wildman–Crippen MR) is 72.1 cm³/mol. The highest BCUT2D eigenvalue weighted by Crippen LogP contribution is 2.40. The summed E-state index contributed by atoms with van der Waals surface area (Å²) in [6.45, 7) is 0. The SMILES string of the molecule is SCC1(CSc2ccncn2)CCCCC1. The van der Waals surface area contributed by atoms with Crippen LogP contribution in [0, 0.1) is 5.41 Å². The molecule has 1 fully saturated rings. The molecule has 1 saturated carbocycles. The van der Waals surface area contributed by atoms with E-state index in [0.29, 0.717) is 5.41 Å². The smallest absolute Gasteiger partial charge is 0.116 e. The van der Waals surface area contributed by atoms with E-state index in [0.717, 1.165) is 16.5 Å². The van der Waals surface area contributed by atoms with Gasteiger partial charge in [-0.15, -0.1) is 11.8 Å². The molecule has 0 amide bonds. The first-order chi connectivity index (χ1) is 7.85. The van der Waals surface area contributed by atoms with Gasteiger partial charge in [0.25, 0.3) is 0 Å². The van der Waals surface area contributed by atoms with Gasteiger partial charge in [-0.1, -0.05) is 19.3 Å². The van der Waals surface area contributed by atoms with Crippen LogP contribution < -0.4 is 0 Å². The van der Waals surface area contributed by atoms with E-state index in [-0.39, 0.29) is 0 Å². The van der Waals surface area contributed by atoms with Gasteiger partial charge in [0.2, 0.25) is 0 Å². The van der Waals surface area contributed by atoms with E-state index >= 15 is 0 Å². The monoisotopic (exact) mass is 254 g/mol. The third-order valence-electron chi connectivity index (χ3n) is 3.33. The summed E-state index contributed by atoms with van der Waals surface area (Å²) in [5, 5.41) is 1.08. The molecule has 0 aliphatic heterocycles. The Bertz CT molecular complexity index is 310. The Morgan fingerprint density at radius 3 is 2.75 bits per heavy atom. The van der Waals surface area contributed by atoms with Crippen molar-refractivity contribution in [1.82, 2.24) is 9.97 Å². The second-order valence-corrected chi connectivity index (χ2v) is 5.87. The maximum Gasteiger partial charge on any atom is 0.116 e. The number of hydrogen-bond donors (Lipinski definition) is 1. The van der Waals surface area contributed by atoms with Crippen molar-refractivity contribution >= 4 is 24.4 Å². The highest BCUT2D eigenvalue weighted by Gasteiger charge is 2.30. The van der Waals surface area contributed by atoms with E-state index in [1.807, 2.05) is 24.0 Å². The molecule has 0 unspecified atom stereocenters. The van der Waals surface area contributed by atoms with Gasteiger partial charge in [-0.3, -0.25) is 0 Å². The lowest BCUT2D eigenvalue weighted by molar-refractivity contribution is 0.258. The minimum atomic E-state index is 0.441. The number of rotatable bonds is 4. The summed E-state index contributed by atoms with van der Waals surface area (Å²) in [5.41, 5.74) is 0.441. The van der Waals surface area contributed by atoms with E-state index in [1.54, 1.807) is 6.33 Å². The van der Waals surface area contributed by atoms with Gasteiger partial charge in [-0.25, -0.2) is 9.97 Å². The normalized spacial score (nSPS) is 19.6. The third-order valence-corrected chi connectivity index (χ3v) is 5.30. The Kier molecular flexibility index (Phi) is 4.53. The molecular weight excluding hydrogens is 236 g/mol. The van der Waals surface area contributed by atoms with Crippen molar-refractivity contribution in [3.05, 3.63) is 18.6 Å². The van der Waals surface area contributed by atoms with Crippen LogP contribution in [-0.4, -0.2) is 21.5 Å². The molecular formula is C12H18N2S2. The Morgan fingerprint density at radius 1 is 1.31 bits per heavy atom. The molecule has 0 spiro atoms. The van der Waals surface area contributed by atoms with E-state index in [2.05, 4.69) is 22.6 Å². The van der Waals surface area contributed by atoms with Crippen LogP contribution in [0.5, 0.6) is 0 Å². The number of hydrogen-bond acceptors (Lipinski definition) is 4. The fourth-order valence-corrected chi connectivity index (χ4v) is 3.94. The van der Waals surface area contributed by atoms with Crippen LogP contribution in [0.2, 0.25) is 0 Å². The zero-order chi connectivity index (χ0) is 11.3. The maximum atomic E-state index is 4.55. The van der Waals surface area contributed by atoms with Crippen LogP contribution in [0.15, 0.2) is 23.6 Å². The van der Waals surface area contributed by atoms with Gasteiger partial charge in [0.05, 0.1) is 5.03 Å². The summed E-state index contributed by atoms with van der Waals surface area (Å²) in [7, 11) is 0. The Morgan fingerprint density at radius 2 is 2.12 bits per heavy atom. The quantitative estimate of drug-likeness (QED) is 0.506. The van der Waals surface area contributed by atoms with Gasteiger partial charge >= 0.3 is 0 Å². The summed E-state index contributed by atoms with van der Waals surface area (Å²) in [6.07, 6.45) is 10.2. The number of nitrogens with zero attached hydrogens (tertiary/aromatic N) is 2. The van der Waals surface area contributed by atoms with Gasteiger partial charge < -0.3 is 0 Å². The van der Waals surface area contributed by atoms with Gasteiger partial charge in [0.1, 0.15) is 6.33 Å². The van der Waals surface area contributed by atoms with Crippen molar-refractivity contribution in [2.45, 2.75) is 37.1 Å². The van der Waals surface area contributed by atoms with E-state index in [4.69, 9.17) is 0 Å². The molecule has 0 atom stereocenters. The summed E-state index contributed by atoms with van der Waals surface area (Å²) in [4.78, 5) is 8.19. The van der Waals surface area contributed by atoms with E-state index < -0.39 is 0 Å². The van der Waals surface area contributed by atoms with Gasteiger partial charge in [0, 0.05) is 11.9 Å². The van der Waals surface area contributed by atoms with Crippen LogP contribution in [0.4, 0.5) is 0 Å². The average molecular weight is 254 g/mol. The topological polar surface area (TPSA) is 25.8 Å². The summed E-state index contributed by atoms with van der Waals surface area (Å²) >= 11 is 6.40. The number of aromatic nitrogens is 2. The minimum absolute atomic E-state index is 0.441. The molecule has 2 nitrogen and oxygen atoms in total. The van der Waals surface area contributed by atoms with Crippen LogP contribution in [0.3, 0.4) is 0 Å². The van der Waals surface area contributed by atoms with Gasteiger partial charge in [0.15, 0.2) is 0 Å². The lowest BCUT2D eigenvalue weighted by atomic mass is 9.77. The summed E-state index contributed by atoms with van der Waals surface area (Å²) in [6, 6.07) is 1.99. The van der Waals surface area contributed by atoms with Crippen LogP contribution in [-0.2, 0) is 0 Å². The molecule has 0 N–H and O–H groups in total. The summed E-state index contributed by atoms with van der Waals surface area (Å²) < 4.78 is 0. The molecule has 0 saturated heterocycles. The van der Waals surface area contributed by atoms with Crippen molar-refractivity contribution in [1.29, 1.82) is 0 Å². The molecule has 1 aromatic heterocycles. The van der Waals surface area contributed by atoms with Crippen molar-refractivity contribution in [3.8, 4) is 0 Å². The van der Waals surface area contributed by atoms with E-state index in [1.165, 1.54) is 32.1 Å². The second-order valence-electron chi connectivity index (χ2n) is 4.56. The molecule has 4 heteroatoms. The molecule has 0 bridgehead atoms. The molecule has 1 aliphatic rings. The Balaban J connectivity index is 1.92. The van der Waals surface area contributed by atoms with Crippen LogP contribution in [0.1, 0.15) is 32.1 Å². The average Bonchev–Trinajstić information content (AvgIpc) is 2.39. The van der Waals surface area contributed by atoms with Crippen molar-refractivity contribution in [2.24, 2.45) is 5.41 Å². The summed E-state index contributed by atoms with van der Waals surface area (Å²) in [5.74, 6) is 2.15. The highest BCUT2D eigenvalue weighted by atomic mass is 32.2. The second kappa shape index (κ2) is 5.92. The predicted octanol–water partition coefficient (Wildman–Crippen LogP) is 3.45. The van der Waals surface area contributed by atoms with Gasteiger partial charge in [-0.05, 0) is 30.1 Å². The number of thioether (sulfide) groups is 1. The zero-order valence-corrected chi connectivity index (χ0v) is 11.1. The van der Waals surface area contributed by atoms with E-state index in [9.17, 15) is 0 Å². The first-order valence-electron chi connectivity index (χ1n) is 5.84. The molecule has 16 heavy (non-hydrogen) atoms. The van der Waals surface area contributed by atoms with Crippen molar-refractivity contribution in [2.75, 3.05) is 11.5 Å². The third kappa shape index (κ3) is 3.14. The standard InChI is InChI=1S/C12H18N2S2/c15-8-12(5-2-1-3-6-12)9-16-11-4-7-13-10-14-11/h4,7,10,15H,1-3,5-6,8-9H2. The molecule has 88 valence electrons. The van der Waals surface area contributed by atoms with Crippen LogP contribution in [0.25, 0.3) is 0 Å². The van der Waals surface area contributed by atoms with Gasteiger partial charge in [-0.2, -0.15) is 12.6 Å².